The fourth-order valence-electron chi connectivity index (χ4n) is 6.34. The van der Waals surface area contributed by atoms with E-state index in [0.717, 1.165) is 0 Å². The van der Waals surface area contributed by atoms with Gasteiger partial charge in [-0.05, 0) is 58.9 Å². The van der Waals surface area contributed by atoms with Gasteiger partial charge in [-0.1, -0.05) is 24.2 Å². The number of phenolic OH excluding ortho intramolecular Hbond substituents is 1. The molecule has 1 fully saturated rings. The molecule has 0 radical (unpaired) electrons. The molecule has 3 aromatic heterocycles. The Labute approximate surface area is 263 Å². The molecule has 0 unspecified atom stereocenters. The normalized spacial score (nSPS) is 18.3. The zero-order chi connectivity index (χ0) is 32.7. The van der Waals surface area contributed by atoms with E-state index in [0.29, 0.717) is 22.5 Å². The van der Waals surface area contributed by atoms with Crippen molar-refractivity contribution in [2.45, 2.75) is 52.2 Å². The number of carbonyl (C=O) groups is 2. The maximum Gasteiger partial charge on any atom is 0.284 e. The van der Waals surface area contributed by atoms with Gasteiger partial charge in [-0.15, -0.1) is 0 Å². The minimum absolute atomic E-state index is 0.0287. The van der Waals surface area contributed by atoms with E-state index in [2.05, 4.69) is 11.7 Å². The number of fused-ring (bicyclic) bond motifs is 5. The first-order valence-corrected chi connectivity index (χ1v) is 14.8. The highest BCUT2D eigenvalue weighted by molar-refractivity contribution is 6.34. The van der Waals surface area contributed by atoms with Gasteiger partial charge in [-0.25, -0.2) is 18.6 Å². The van der Waals surface area contributed by atoms with Crippen LogP contribution in [0.1, 0.15) is 33.3 Å². The van der Waals surface area contributed by atoms with Crippen molar-refractivity contribution in [2.24, 2.45) is 0 Å². The standard InChI is InChI=1S/C32H33ClFN7O4/c1-8-23(43)38-15-21-30(44)37(7)27-26(39(21)14-17(38)3)18-12-19(33)25(24-20(34)10-9-11-22(24)42)36-28(18)40(31(27)45)29-16(2)13-35-41(29)32(4,5)6/h8-13,17,21,42H,1,14-15H2,2-7H3/t17-,21-/m1/s1. The van der Waals surface area contributed by atoms with Crippen LogP contribution in [0.25, 0.3) is 28.1 Å². The Balaban J connectivity index is 1.75. The molecule has 234 valence electrons. The molecule has 6 rings (SSSR count). The quantitative estimate of drug-likeness (QED) is 0.333. The Morgan fingerprint density at radius 1 is 1.20 bits per heavy atom. The number of phenols is 1. The molecular formula is C32H33ClFN7O4. The van der Waals surface area contributed by atoms with Crippen molar-refractivity contribution in [3.05, 3.63) is 69.9 Å². The fraction of sp³-hybridized carbons (Fsp3) is 0.344. The molecule has 4 aromatic rings. The molecule has 13 heteroatoms. The first-order valence-electron chi connectivity index (χ1n) is 14.5. The highest BCUT2D eigenvalue weighted by atomic mass is 35.5. The van der Waals surface area contributed by atoms with Crippen LogP contribution in [0.15, 0.2) is 47.9 Å². The van der Waals surface area contributed by atoms with Crippen LogP contribution in [-0.4, -0.2) is 73.4 Å². The topological polar surface area (TPSA) is 117 Å². The Bertz CT molecular complexity index is 1980. The van der Waals surface area contributed by atoms with E-state index >= 15 is 4.39 Å². The van der Waals surface area contributed by atoms with Gasteiger partial charge in [0.1, 0.15) is 29.1 Å². The zero-order valence-corrected chi connectivity index (χ0v) is 26.6. The van der Waals surface area contributed by atoms with E-state index in [1.165, 1.54) is 40.8 Å². The van der Waals surface area contributed by atoms with Gasteiger partial charge in [0.25, 0.3) is 11.5 Å². The van der Waals surface area contributed by atoms with Crippen LogP contribution >= 0.6 is 11.6 Å². The van der Waals surface area contributed by atoms with Crippen LogP contribution in [0.2, 0.25) is 5.02 Å². The van der Waals surface area contributed by atoms with E-state index in [4.69, 9.17) is 16.6 Å². The number of likely N-dealkylation sites (N-methyl/N-ethyl adjacent to an activating group) is 1. The first kappa shape index (κ1) is 30.3. The monoisotopic (exact) mass is 633 g/mol. The summed E-state index contributed by atoms with van der Waals surface area (Å²) in [7, 11) is 1.53. The number of amides is 2. The van der Waals surface area contributed by atoms with E-state index < -0.39 is 23.0 Å². The summed E-state index contributed by atoms with van der Waals surface area (Å²) in [5.74, 6) is -1.35. The average molecular weight is 634 g/mol. The van der Waals surface area contributed by atoms with E-state index in [9.17, 15) is 19.5 Å². The molecule has 1 saturated heterocycles. The summed E-state index contributed by atoms with van der Waals surface area (Å²) in [6.07, 6.45) is 2.86. The number of piperazine rings is 1. The number of halogens is 2. The van der Waals surface area contributed by atoms with E-state index in [-0.39, 0.29) is 64.3 Å². The van der Waals surface area contributed by atoms with Gasteiger partial charge in [-0.2, -0.15) is 5.10 Å². The van der Waals surface area contributed by atoms with Crippen molar-refractivity contribution in [1.29, 1.82) is 0 Å². The SMILES string of the molecule is C=CC(=O)N1C[C@@H]2C(=O)N(C)c3c(c4cc(Cl)c(-c5c(O)cccc5F)nc4n(-c4c(C)cnn4C(C)(C)C)c3=O)N2C[C@H]1C. The molecule has 11 nitrogen and oxygen atoms in total. The Hall–Kier alpha value is -4.71. The largest absolute Gasteiger partial charge is 0.507 e. The summed E-state index contributed by atoms with van der Waals surface area (Å²) in [4.78, 5) is 50.9. The Morgan fingerprint density at radius 3 is 2.56 bits per heavy atom. The van der Waals surface area contributed by atoms with Gasteiger partial charge in [0.2, 0.25) is 5.91 Å². The maximum absolute atomic E-state index is 15.2. The predicted molar refractivity (Wildman–Crippen MR) is 171 cm³/mol. The molecule has 1 aromatic carbocycles. The van der Waals surface area contributed by atoms with Gasteiger partial charge in [0.15, 0.2) is 5.65 Å². The lowest BCUT2D eigenvalue weighted by Gasteiger charge is -2.49. The molecule has 2 atom stereocenters. The summed E-state index contributed by atoms with van der Waals surface area (Å²) in [5.41, 5.74) is -0.0514. The summed E-state index contributed by atoms with van der Waals surface area (Å²) in [6, 6.07) is 4.35. The van der Waals surface area contributed by atoms with Gasteiger partial charge < -0.3 is 19.8 Å². The van der Waals surface area contributed by atoms with Crippen molar-refractivity contribution in [1.82, 2.24) is 24.2 Å². The van der Waals surface area contributed by atoms with Crippen molar-refractivity contribution >= 4 is 45.8 Å². The molecular weight excluding hydrogens is 601 g/mol. The Morgan fingerprint density at radius 2 is 1.91 bits per heavy atom. The number of nitrogens with zero attached hydrogens (tertiary/aromatic N) is 7. The smallest absolute Gasteiger partial charge is 0.284 e. The molecule has 2 amide bonds. The minimum Gasteiger partial charge on any atom is -0.507 e. The third-order valence-electron chi connectivity index (χ3n) is 8.48. The molecule has 2 aliphatic heterocycles. The number of rotatable bonds is 3. The van der Waals surface area contributed by atoms with Crippen LogP contribution in [0.5, 0.6) is 5.75 Å². The molecule has 0 spiro atoms. The number of aromatic nitrogens is 4. The van der Waals surface area contributed by atoms with Gasteiger partial charge >= 0.3 is 0 Å². The second kappa shape index (κ2) is 10.4. The number of hydrogen-bond acceptors (Lipinski definition) is 7. The van der Waals surface area contributed by atoms with Gasteiger partial charge in [-0.3, -0.25) is 14.4 Å². The Kier molecular flexibility index (Phi) is 7.03. The lowest BCUT2D eigenvalue weighted by Crippen LogP contribution is -2.66. The number of aromatic hydroxyl groups is 1. The van der Waals surface area contributed by atoms with E-state index in [1.807, 2.05) is 39.5 Å². The lowest BCUT2D eigenvalue weighted by molar-refractivity contribution is -0.130. The third kappa shape index (κ3) is 4.49. The average Bonchev–Trinajstić information content (AvgIpc) is 3.36. The number of anilines is 2. The van der Waals surface area contributed by atoms with Crippen LogP contribution in [-0.2, 0) is 15.1 Å². The molecule has 5 heterocycles. The van der Waals surface area contributed by atoms with Crippen LogP contribution in [0, 0.1) is 12.7 Å². The number of benzene rings is 1. The first-order chi connectivity index (χ1) is 21.2. The highest BCUT2D eigenvalue weighted by Crippen LogP contribution is 2.44. The number of carbonyl (C=O) groups excluding carboxylic acids is 2. The fourth-order valence-corrected chi connectivity index (χ4v) is 6.59. The van der Waals surface area contributed by atoms with Gasteiger partial charge in [0, 0.05) is 30.6 Å². The van der Waals surface area contributed by atoms with Crippen molar-refractivity contribution in [3.63, 3.8) is 0 Å². The maximum atomic E-state index is 15.2. The second-order valence-electron chi connectivity index (χ2n) is 12.5. The molecule has 45 heavy (non-hydrogen) atoms. The molecule has 0 bridgehead atoms. The lowest BCUT2D eigenvalue weighted by atomic mass is 9.98. The zero-order valence-electron chi connectivity index (χ0n) is 25.8. The van der Waals surface area contributed by atoms with Gasteiger partial charge in [0.05, 0.1) is 40.2 Å². The molecule has 2 aliphatic rings. The second-order valence-corrected chi connectivity index (χ2v) is 12.9. The minimum atomic E-state index is -0.794. The van der Waals surface area contributed by atoms with Crippen molar-refractivity contribution < 1.29 is 19.1 Å². The van der Waals surface area contributed by atoms with Crippen molar-refractivity contribution in [3.8, 4) is 22.8 Å². The summed E-state index contributed by atoms with van der Waals surface area (Å²) < 4.78 is 18.3. The summed E-state index contributed by atoms with van der Waals surface area (Å²) >= 11 is 6.82. The van der Waals surface area contributed by atoms with Crippen LogP contribution < -0.4 is 15.4 Å². The molecule has 0 saturated carbocycles. The summed E-state index contributed by atoms with van der Waals surface area (Å²) in [6.45, 7) is 13.4. The number of aryl methyl sites for hydroxylation is 1. The third-order valence-corrected chi connectivity index (χ3v) is 8.77. The predicted octanol–water partition coefficient (Wildman–Crippen LogP) is 4.38. The summed E-state index contributed by atoms with van der Waals surface area (Å²) in [5, 5.41) is 15.7. The molecule has 1 N–H and O–H groups in total. The van der Waals surface area contributed by atoms with Crippen molar-refractivity contribution in [2.75, 3.05) is 29.9 Å². The van der Waals surface area contributed by atoms with E-state index in [1.54, 1.807) is 21.8 Å². The van der Waals surface area contributed by atoms with Crippen LogP contribution in [0.4, 0.5) is 15.8 Å². The number of hydrogen-bond donors (Lipinski definition) is 1. The highest BCUT2D eigenvalue weighted by Gasteiger charge is 2.46. The van der Waals surface area contributed by atoms with Crippen LogP contribution in [0.3, 0.4) is 0 Å². The number of pyridine rings is 2. The molecule has 0 aliphatic carbocycles.